The van der Waals surface area contributed by atoms with Gasteiger partial charge in [-0.3, -0.25) is 4.79 Å². The Balaban J connectivity index is 5.30. The predicted molar refractivity (Wildman–Crippen MR) is 91.6 cm³/mol. The van der Waals surface area contributed by atoms with E-state index in [1.807, 2.05) is 0 Å². The third kappa shape index (κ3) is 7.66. The van der Waals surface area contributed by atoms with Crippen LogP contribution in [0.4, 0.5) is 4.79 Å². The number of alkyl carbamates (subject to hydrolysis) is 1. The van der Waals surface area contributed by atoms with Crippen molar-refractivity contribution in [3.63, 3.8) is 0 Å². The zero-order chi connectivity index (χ0) is 19.5. The van der Waals surface area contributed by atoms with Gasteiger partial charge < -0.3 is 20.5 Å². The van der Waals surface area contributed by atoms with Crippen LogP contribution in [-0.4, -0.2) is 40.8 Å². The van der Waals surface area contributed by atoms with Crippen molar-refractivity contribution in [1.82, 2.24) is 10.6 Å². The number of ether oxygens (including phenoxy) is 1. The summed E-state index contributed by atoms with van der Waals surface area (Å²) in [6.07, 6.45) is -0.722. The monoisotopic (exact) mass is 344 g/mol. The Bertz CT molecular complexity index is 481. The molecule has 0 radical (unpaired) electrons. The SMILES string of the molecule is CC(C)(C)OC(=O)NC(C(=O)N[C@H](C(=O)O)C(C)(C)C)C(C)(C)C. The summed E-state index contributed by atoms with van der Waals surface area (Å²) in [6.45, 7) is 15.7. The van der Waals surface area contributed by atoms with Crippen molar-refractivity contribution in [3.05, 3.63) is 0 Å². The number of carboxylic acids is 1. The fourth-order valence-corrected chi connectivity index (χ4v) is 1.98. The van der Waals surface area contributed by atoms with Gasteiger partial charge in [-0.1, -0.05) is 41.5 Å². The molecule has 2 amide bonds. The van der Waals surface area contributed by atoms with E-state index in [0.717, 1.165) is 0 Å². The maximum absolute atomic E-state index is 12.6. The molecule has 0 spiro atoms. The van der Waals surface area contributed by atoms with E-state index in [9.17, 15) is 19.5 Å². The zero-order valence-corrected chi connectivity index (χ0v) is 16.2. The molecule has 140 valence electrons. The number of hydrogen-bond donors (Lipinski definition) is 3. The van der Waals surface area contributed by atoms with Crippen molar-refractivity contribution >= 4 is 18.0 Å². The summed E-state index contributed by atoms with van der Waals surface area (Å²) < 4.78 is 5.19. The molecule has 7 heteroatoms. The molecule has 0 saturated heterocycles. The molecule has 0 aromatic rings. The highest BCUT2D eigenvalue weighted by Gasteiger charge is 2.39. The quantitative estimate of drug-likeness (QED) is 0.727. The molecule has 0 aromatic carbocycles. The molecule has 0 bridgehead atoms. The van der Waals surface area contributed by atoms with E-state index in [4.69, 9.17) is 4.74 Å². The lowest BCUT2D eigenvalue weighted by molar-refractivity contribution is -0.145. The van der Waals surface area contributed by atoms with Crippen LogP contribution in [0.2, 0.25) is 0 Å². The van der Waals surface area contributed by atoms with Crippen LogP contribution in [-0.2, 0) is 14.3 Å². The number of aliphatic carboxylic acids is 1. The van der Waals surface area contributed by atoms with Crippen molar-refractivity contribution in [2.45, 2.75) is 80.0 Å². The van der Waals surface area contributed by atoms with Crippen molar-refractivity contribution in [3.8, 4) is 0 Å². The van der Waals surface area contributed by atoms with Crippen molar-refractivity contribution < 1.29 is 24.2 Å². The van der Waals surface area contributed by atoms with Crippen LogP contribution in [0, 0.1) is 10.8 Å². The minimum absolute atomic E-state index is 0.560. The molecule has 0 aliphatic rings. The molecule has 0 rings (SSSR count). The molecular weight excluding hydrogens is 312 g/mol. The second kappa shape index (κ2) is 7.40. The van der Waals surface area contributed by atoms with Gasteiger partial charge in [-0.05, 0) is 31.6 Å². The van der Waals surface area contributed by atoms with Gasteiger partial charge in [0.2, 0.25) is 5.91 Å². The first-order chi connectivity index (χ1) is 10.4. The highest BCUT2D eigenvalue weighted by atomic mass is 16.6. The first kappa shape index (κ1) is 22.2. The Labute approximate surface area is 144 Å². The molecule has 2 atom stereocenters. The largest absolute Gasteiger partial charge is 0.480 e. The highest BCUT2D eigenvalue weighted by Crippen LogP contribution is 2.23. The summed E-state index contributed by atoms with van der Waals surface area (Å²) in [7, 11) is 0. The van der Waals surface area contributed by atoms with Crippen LogP contribution in [0.1, 0.15) is 62.3 Å². The second-order valence-corrected chi connectivity index (χ2v) is 9.09. The van der Waals surface area contributed by atoms with Crippen LogP contribution in [0.15, 0.2) is 0 Å². The normalized spacial score (nSPS) is 15.2. The first-order valence-electron chi connectivity index (χ1n) is 7.98. The fraction of sp³-hybridized carbons (Fsp3) is 0.824. The van der Waals surface area contributed by atoms with Gasteiger partial charge in [0.15, 0.2) is 0 Å². The lowest BCUT2D eigenvalue weighted by Gasteiger charge is -2.34. The number of carbonyl (C=O) groups excluding carboxylic acids is 2. The van der Waals surface area contributed by atoms with Gasteiger partial charge in [0.25, 0.3) is 0 Å². The van der Waals surface area contributed by atoms with Crippen LogP contribution < -0.4 is 10.6 Å². The molecule has 0 fully saturated rings. The molecule has 0 aliphatic carbocycles. The molecule has 0 aromatic heterocycles. The highest BCUT2D eigenvalue weighted by molar-refractivity contribution is 5.90. The van der Waals surface area contributed by atoms with E-state index in [-0.39, 0.29) is 0 Å². The van der Waals surface area contributed by atoms with Gasteiger partial charge in [-0.2, -0.15) is 0 Å². The Kier molecular flexibility index (Phi) is 6.85. The Morgan fingerprint density at radius 2 is 1.21 bits per heavy atom. The average molecular weight is 344 g/mol. The van der Waals surface area contributed by atoms with Crippen LogP contribution in [0.25, 0.3) is 0 Å². The average Bonchev–Trinajstić information content (AvgIpc) is 2.27. The lowest BCUT2D eigenvalue weighted by Crippen LogP contribution is -2.59. The molecule has 1 unspecified atom stereocenters. The smallest absolute Gasteiger partial charge is 0.408 e. The van der Waals surface area contributed by atoms with Crippen molar-refractivity contribution in [2.75, 3.05) is 0 Å². The summed E-state index contributed by atoms with van der Waals surface area (Å²) in [5.41, 5.74) is -1.99. The number of carbonyl (C=O) groups is 3. The van der Waals surface area contributed by atoms with Crippen LogP contribution in [0.5, 0.6) is 0 Å². The Morgan fingerprint density at radius 1 is 0.792 bits per heavy atom. The number of hydrogen-bond acceptors (Lipinski definition) is 4. The van der Waals surface area contributed by atoms with Gasteiger partial charge >= 0.3 is 12.1 Å². The summed E-state index contributed by atoms with van der Waals surface area (Å²) >= 11 is 0. The molecule has 0 saturated carbocycles. The van der Waals surface area contributed by atoms with Gasteiger partial charge in [-0.15, -0.1) is 0 Å². The molecule has 24 heavy (non-hydrogen) atoms. The molecule has 0 heterocycles. The topological polar surface area (TPSA) is 105 Å². The summed E-state index contributed by atoms with van der Waals surface area (Å²) in [6, 6.07) is -2.01. The van der Waals surface area contributed by atoms with Gasteiger partial charge in [-0.25, -0.2) is 9.59 Å². The zero-order valence-electron chi connectivity index (χ0n) is 16.2. The van der Waals surface area contributed by atoms with Crippen molar-refractivity contribution in [2.24, 2.45) is 10.8 Å². The second-order valence-electron chi connectivity index (χ2n) is 9.09. The van der Waals surface area contributed by atoms with E-state index >= 15 is 0 Å². The van der Waals surface area contributed by atoms with E-state index in [2.05, 4.69) is 10.6 Å². The fourth-order valence-electron chi connectivity index (χ4n) is 1.98. The lowest BCUT2D eigenvalue weighted by atomic mass is 9.83. The predicted octanol–water partition coefficient (Wildman–Crippen LogP) is 2.54. The van der Waals surface area contributed by atoms with Crippen LogP contribution >= 0.6 is 0 Å². The third-order valence-electron chi connectivity index (χ3n) is 3.19. The number of carboxylic acid groups (broad SMARTS) is 1. The minimum atomic E-state index is -1.12. The van der Waals surface area contributed by atoms with E-state index in [0.29, 0.717) is 0 Å². The molecular formula is C17H32N2O5. The third-order valence-corrected chi connectivity index (χ3v) is 3.19. The van der Waals surface area contributed by atoms with E-state index < -0.39 is 46.5 Å². The van der Waals surface area contributed by atoms with Gasteiger partial charge in [0.05, 0.1) is 0 Å². The minimum Gasteiger partial charge on any atom is -0.480 e. The molecule has 7 nitrogen and oxygen atoms in total. The standard InChI is InChI=1S/C17H32N2O5/c1-15(2,3)10(19-14(23)24-17(7,8)9)12(20)18-11(13(21)22)16(4,5)6/h10-11H,1-9H3,(H,18,20)(H,19,23)(H,21,22)/t10?,11-/m1/s1. The Hall–Kier alpha value is -1.79. The number of amides is 2. The summed E-state index contributed by atoms with van der Waals surface area (Å²) in [4.78, 5) is 36.1. The molecule has 0 aliphatic heterocycles. The molecule has 3 N–H and O–H groups in total. The summed E-state index contributed by atoms with van der Waals surface area (Å²) in [5.74, 6) is -1.68. The maximum atomic E-state index is 12.6. The van der Waals surface area contributed by atoms with E-state index in [1.54, 1.807) is 62.3 Å². The van der Waals surface area contributed by atoms with Crippen molar-refractivity contribution in [1.29, 1.82) is 0 Å². The maximum Gasteiger partial charge on any atom is 0.408 e. The van der Waals surface area contributed by atoms with E-state index in [1.165, 1.54) is 0 Å². The summed E-state index contributed by atoms with van der Waals surface area (Å²) in [5, 5.41) is 14.4. The Morgan fingerprint density at radius 3 is 1.50 bits per heavy atom. The number of nitrogens with one attached hydrogen (secondary N) is 2. The van der Waals surface area contributed by atoms with Crippen LogP contribution in [0.3, 0.4) is 0 Å². The van der Waals surface area contributed by atoms with Gasteiger partial charge in [0, 0.05) is 0 Å². The first-order valence-corrected chi connectivity index (χ1v) is 7.98. The van der Waals surface area contributed by atoms with Gasteiger partial charge in [0.1, 0.15) is 17.7 Å². The number of rotatable bonds is 4.